The van der Waals surface area contributed by atoms with Crippen molar-refractivity contribution < 1.29 is 9.90 Å². The number of rotatable bonds is 4. The van der Waals surface area contributed by atoms with Crippen LogP contribution >= 0.6 is 0 Å². The maximum atomic E-state index is 12.4. The van der Waals surface area contributed by atoms with Crippen molar-refractivity contribution >= 4 is 5.91 Å². The largest absolute Gasteiger partial charge is 0.396 e. The lowest BCUT2D eigenvalue weighted by Crippen LogP contribution is -2.32. The van der Waals surface area contributed by atoms with Crippen LogP contribution in [0.2, 0.25) is 0 Å². The highest BCUT2D eigenvalue weighted by Gasteiger charge is 2.29. The molecule has 1 fully saturated rings. The number of aryl methyl sites for hydroxylation is 1. The SMILES string of the molecule is CCc1ccc(C(C)C(=O)N2CCC(CO)C2)cc1. The summed E-state index contributed by atoms with van der Waals surface area (Å²) >= 11 is 0. The van der Waals surface area contributed by atoms with Crippen LogP contribution in [0, 0.1) is 5.92 Å². The molecule has 0 bridgehead atoms. The van der Waals surface area contributed by atoms with E-state index in [2.05, 4.69) is 31.2 Å². The number of hydrogen-bond acceptors (Lipinski definition) is 2. The highest BCUT2D eigenvalue weighted by Crippen LogP contribution is 2.23. The van der Waals surface area contributed by atoms with Crippen molar-refractivity contribution in [1.82, 2.24) is 4.90 Å². The second kappa shape index (κ2) is 6.20. The highest BCUT2D eigenvalue weighted by atomic mass is 16.3. The number of aliphatic hydroxyl groups excluding tert-OH is 1. The summed E-state index contributed by atoms with van der Waals surface area (Å²) in [5, 5.41) is 9.14. The van der Waals surface area contributed by atoms with E-state index in [1.807, 2.05) is 11.8 Å². The molecule has 104 valence electrons. The van der Waals surface area contributed by atoms with Crippen LogP contribution in [0.25, 0.3) is 0 Å². The van der Waals surface area contributed by atoms with E-state index in [4.69, 9.17) is 5.11 Å². The van der Waals surface area contributed by atoms with Crippen molar-refractivity contribution in [3.8, 4) is 0 Å². The number of aliphatic hydroxyl groups is 1. The minimum Gasteiger partial charge on any atom is -0.396 e. The summed E-state index contributed by atoms with van der Waals surface area (Å²) in [5.74, 6) is 0.349. The van der Waals surface area contributed by atoms with E-state index in [9.17, 15) is 4.79 Å². The topological polar surface area (TPSA) is 40.5 Å². The fraction of sp³-hybridized carbons (Fsp3) is 0.562. The number of hydrogen-bond donors (Lipinski definition) is 1. The van der Waals surface area contributed by atoms with E-state index >= 15 is 0 Å². The summed E-state index contributed by atoms with van der Waals surface area (Å²) in [5.41, 5.74) is 2.37. The minimum atomic E-state index is -0.0941. The van der Waals surface area contributed by atoms with E-state index in [1.165, 1.54) is 5.56 Å². The van der Waals surface area contributed by atoms with Gasteiger partial charge in [0.1, 0.15) is 0 Å². The van der Waals surface area contributed by atoms with Crippen LogP contribution in [-0.2, 0) is 11.2 Å². The number of carbonyl (C=O) groups is 1. The smallest absolute Gasteiger partial charge is 0.229 e. The molecule has 2 atom stereocenters. The zero-order chi connectivity index (χ0) is 13.8. The maximum absolute atomic E-state index is 12.4. The third kappa shape index (κ3) is 3.16. The van der Waals surface area contributed by atoms with E-state index in [0.717, 1.165) is 24.9 Å². The normalized spacial score (nSPS) is 20.6. The molecule has 3 heteroatoms. The average Bonchev–Trinajstić information content (AvgIpc) is 2.94. The molecule has 1 aromatic carbocycles. The first-order chi connectivity index (χ1) is 9.15. The average molecular weight is 261 g/mol. The Morgan fingerprint density at radius 3 is 2.63 bits per heavy atom. The Labute approximate surface area is 115 Å². The fourth-order valence-corrected chi connectivity index (χ4v) is 2.64. The van der Waals surface area contributed by atoms with Gasteiger partial charge in [-0.2, -0.15) is 0 Å². The Bertz CT molecular complexity index is 427. The summed E-state index contributed by atoms with van der Waals surface area (Å²) in [7, 11) is 0. The highest BCUT2D eigenvalue weighted by molar-refractivity contribution is 5.83. The van der Waals surface area contributed by atoms with Gasteiger partial charge >= 0.3 is 0 Å². The fourth-order valence-electron chi connectivity index (χ4n) is 2.64. The second-order valence-electron chi connectivity index (χ2n) is 5.44. The molecule has 1 amide bonds. The van der Waals surface area contributed by atoms with Crippen LogP contribution in [0.3, 0.4) is 0 Å². The third-order valence-corrected chi connectivity index (χ3v) is 4.11. The Kier molecular flexibility index (Phi) is 4.59. The Balaban J connectivity index is 2.02. The van der Waals surface area contributed by atoms with Gasteiger partial charge in [-0.25, -0.2) is 0 Å². The predicted molar refractivity (Wildman–Crippen MR) is 76.0 cm³/mol. The molecule has 2 rings (SSSR count). The molecule has 0 radical (unpaired) electrons. The lowest BCUT2D eigenvalue weighted by Gasteiger charge is -2.21. The van der Waals surface area contributed by atoms with Crippen molar-refractivity contribution in [3.05, 3.63) is 35.4 Å². The standard InChI is InChI=1S/C16H23NO2/c1-3-13-4-6-15(7-5-13)12(2)16(19)17-9-8-14(10-17)11-18/h4-7,12,14,18H,3,8-11H2,1-2H3. The van der Waals surface area contributed by atoms with Crippen molar-refractivity contribution in [3.63, 3.8) is 0 Å². The van der Waals surface area contributed by atoms with Gasteiger partial charge in [-0.1, -0.05) is 31.2 Å². The molecule has 0 spiro atoms. The van der Waals surface area contributed by atoms with Crippen molar-refractivity contribution in [1.29, 1.82) is 0 Å². The molecule has 0 saturated carbocycles. The molecule has 0 aromatic heterocycles. The number of benzene rings is 1. The number of amides is 1. The van der Waals surface area contributed by atoms with Gasteiger partial charge in [0.25, 0.3) is 0 Å². The quantitative estimate of drug-likeness (QED) is 0.902. The van der Waals surface area contributed by atoms with Gasteiger partial charge in [-0.3, -0.25) is 4.79 Å². The molecular weight excluding hydrogens is 238 g/mol. The van der Waals surface area contributed by atoms with E-state index < -0.39 is 0 Å². The summed E-state index contributed by atoms with van der Waals surface area (Å²) in [4.78, 5) is 14.3. The van der Waals surface area contributed by atoms with E-state index in [1.54, 1.807) is 0 Å². The molecule has 1 aromatic rings. The molecule has 0 aliphatic carbocycles. The van der Waals surface area contributed by atoms with Gasteiger partial charge in [-0.15, -0.1) is 0 Å². The zero-order valence-corrected chi connectivity index (χ0v) is 11.8. The van der Waals surface area contributed by atoms with Gasteiger partial charge in [0, 0.05) is 25.6 Å². The zero-order valence-electron chi connectivity index (χ0n) is 11.8. The molecule has 1 saturated heterocycles. The van der Waals surface area contributed by atoms with Crippen LogP contribution in [-0.4, -0.2) is 35.6 Å². The molecule has 1 heterocycles. The van der Waals surface area contributed by atoms with Gasteiger partial charge in [-0.05, 0) is 30.9 Å². The van der Waals surface area contributed by atoms with Crippen molar-refractivity contribution in [2.24, 2.45) is 5.92 Å². The van der Waals surface area contributed by atoms with Gasteiger partial charge < -0.3 is 10.0 Å². The summed E-state index contributed by atoms with van der Waals surface area (Å²) in [6.07, 6.45) is 1.94. The molecule has 3 nitrogen and oxygen atoms in total. The second-order valence-corrected chi connectivity index (χ2v) is 5.44. The molecule has 2 unspecified atom stereocenters. The first-order valence-electron chi connectivity index (χ1n) is 7.14. The van der Waals surface area contributed by atoms with Crippen LogP contribution in [0.5, 0.6) is 0 Å². The van der Waals surface area contributed by atoms with Gasteiger partial charge in [0.2, 0.25) is 5.91 Å². The summed E-state index contributed by atoms with van der Waals surface area (Å²) in [6.45, 7) is 5.76. The first kappa shape index (κ1) is 14.1. The Morgan fingerprint density at radius 2 is 2.11 bits per heavy atom. The van der Waals surface area contributed by atoms with Gasteiger partial charge in [0.05, 0.1) is 5.92 Å². The van der Waals surface area contributed by atoms with E-state index in [-0.39, 0.29) is 24.3 Å². The lowest BCUT2D eigenvalue weighted by molar-refractivity contribution is -0.131. The summed E-state index contributed by atoms with van der Waals surface area (Å²) in [6, 6.07) is 8.31. The Hall–Kier alpha value is -1.35. The molecular formula is C16H23NO2. The van der Waals surface area contributed by atoms with Crippen LogP contribution < -0.4 is 0 Å². The van der Waals surface area contributed by atoms with Crippen LogP contribution in [0.15, 0.2) is 24.3 Å². The third-order valence-electron chi connectivity index (χ3n) is 4.11. The van der Waals surface area contributed by atoms with E-state index in [0.29, 0.717) is 6.54 Å². The molecule has 19 heavy (non-hydrogen) atoms. The number of nitrogens with zero attached hydrogens (tertiary/aromatic N) is 1. The summed E-state index contributed by atoms with van der Waals surface area (Å²) < 4.78 is 0. The number of likely N-dealkylation sites (tertiary alicyclic amines) is 1. The molecule has 1 aliphatic heterocycles. The minimum absolute atomic E-state index is 0.0941. The maximum Gasteiger partial charge on any atom is 0.229 e. The van der Waals surface area contributed by atoms with Crippen molar-refractivity contribution in [2.75, 3.05) is 19.7 Å². The Morgan fingerprint density at radius 1 is 1.42 bits per heavy atom. The predicted octanol–water partition coefficient (Wildman–Crippen LogP) is 2.19. The van der Waals surface area contributed by atoms with Gasteiger partial charge in [0.15, 0.2) is 0 Å². The van der Waals surface area contributed by atoms with Crippen LogP contribution in [0.4, 0.5) is 0 Å². The molecule has 1 aliphatic rings. The van der Waals surface area contributed by atoms with Crippen molar-refractivity contribution in [2.45, 2.75) is 32.6 Å². The lowest BCUT2D eigenvalue weighted by atomic mass is 9.98. The molecule has 1 N–H and O–H groups in total. The monoisotopic (exact) mass is 261 g/mol. The number of carbonyl (C=O) groups excluding carboxylic acids is 1. The first-order valence-corrected chi connectivity index (χ1v) is 7.14. The van der Waals surface area contributed by atoms with Crippen LogP contribution in [0.1, 0.15) is 37.3 Å².